The van der Waals surface area contributed by atoms with Crippen LogP contribution in [-0.2, 0) is 18.7 Å². The molecule has 4 N–H and O–H groups in total. The smallest absolute Gasteiger partial charge is 0.478 e. The Bertz CT molecular complexity index is 297. The van der Waals surface area contributed by atoms with Crippen molar-refractivity contribution in [2.75, 3.05) is 0 Å². The zero-order valence-corrected chi connectivity index (χ0v) is 6.84. The lowest BCUT2D eigenvalue weighted by Crippen LogP contribution is -2.06. The molecule has 0 amide bonds. The highest BCUT2D eigenvalue weighted by Crippen LogP contribution is 2.38. The number of hydrogen-bond donors (Lipinski definition) is 4. The number of carboxylic acid groups (broad SMARTS) is 2. The molecule has 9 heteroatoms. The standard InChI is InChI=1S/C4H5O8P/c5-3(6)1-2(4(7)8)12-13(9,10)11/h1H,(H,5,6)(H,7,8)(H2,9,10,11). The maximum atomic E-state index is 10.1. The molecule has 8 nitrogen and oxygen atoms in total. The van der Waals surface area contributed by atoms with E-state index >= 15 is 0 Å². The van der Waals surface area contributed by atoms with Crippen LogP contribution in [0.4, 0.5) is 0 Å². The number of carboxylic acids is 2. The molecule has 0 aliphatic rings. The van der Waals surface area contributed by atoms with E-state index in [0.29, 0.717) is 0 Å². The highest BCUT2D eigenvalue weighted by Gasteiger charge is 2.23. The second-order valence-electron chi connectivity index (χ2n) is 1.73. The van der Waals surface area contributed by atoms with Crippen LogP contribution >= 0.6 is 7.82 Å². The third-order valence-corrected chi connectivity index (χ3v) is 1.12. The van der Waals surface area contributed by atoms with Gasteiger partial charge in [-0.05, 0) is 0 Å². The van der Waals surface area contributed by atoms with Crippen LogP contribution in [0, 0.1) is 0 Å². The van der Waals surface area contributed by atoms with Gasteiger partial charge in [0.2, 0.25) is 5.76 Å². The third kappa shape index (κ3) is 5.85. The lowest BCUT2D eigenvalue weighted by molar-refractivity contribution is -0.137. The maximum Gasteiger partial charge on any atom is 0.525 e. The second-order valence-corrected chi connectivity index (χ2v) is 2.90. The van der Waals surface area contributed by atoms with Gasteiger partial charge in [0.15, 0.2) is 0 Å². The molecular formula is C4H5O8P. The van der Waals surface area contributed by atoms with Gasteiger partial charge in [-0.3, -0.25) is 9.79 Å². The van der Waals surface area contributed by atoms with Gasteiger partial charge < -0.3 is 14.7 Å². The summed E-state index contributed by atoms with van der Waals surface area (Å²) in [6.07, 6.45) is 0.0292. The summed E-state index contributed by atoms with van der Waals surface area (Å²) < 4.78 is 13.7. The Morgan fingerprint density at radius 3 is 1.92 bits per heavy atom. The van der Waals surface area contributed by atoms with Crippen molar-refractivity contribution in [3.8, 4) is 0 Å². The predicted molar refractivity (Wildman–Crippen MR) is 36.5 cm³/mol. The average Bonchev–Trinajstić information content (AvgIpc) is 1.81. The first-order chi connectivity index (χ1) is 5.72. The van der Waals surface area contributed by atoms with Gasteiger partial charge in [0.05, 0.1) is 6.08 Å². The van der Waals surface area contributed by atoms with Crippen LogP contribution in [0.1, 0.15) is 0 Å². The number of aliphatic carboxylic acids is 2. The third-order valence-electron chi connectivity index (χ3n) is 0.683. The Hall–Kier alpha value is -1.37. The molecule has 0 aromatic carbocycles. The number of carbonyl (C=O) groups is 2. The number of hydrogen-bond acceptors (Lipinski definition) is 4. The molecule has 0 fully saturated rings. The van der Waals surface area contributed by atoms with Crippen LogP contribution in [-0.4, -0.2) is 31.9 Å². The Kier molecular flexibility index (Phi) is 3.61. The Morgan fingerprint density at radius 2 is 1.69 bits per heavy atom. The quantitative estimate of drug-likeness (QED) is 0.268. The van der Waals surface area contributed by atoms with Crippen LogP contribution in [0.5, 0.6) is 0 Å². The van der Waals surface area contributed by atoms with Crippen molar-refractivity contribution in [2.45, 2.75) is 0 Å². The van der Waals surface area contributed by atoms with Gasteiger partial charge >= 0.3 is 19.8 Å². The Labute approximate surface area is 71.3 Å². The largest absolute Gasteiger partial charge is 0.525 e. The molecule has 0 saturated carbocycles. The maximum absolute atomic E-state index is 10.1. The summed E-state index contributed by atoms with van der Waals surface area (Å²) in [5, 5.41) is 16.2. The van der Waals surface area contributed by atoms with Crippen LogP contribution in [0.2, 0.25) is 0 Å². The molecule has 0 aromatic heterocycles. The van der Waals surface area contributed by atoms with Gasteiger partial charge in [0, 0.05) is 0 Å². The average molecular weight is 212 g/mol. The first-order valence-corrected chi connectivity index (χ1v) is 4.18. The molecule has 0 aliphatic carbocycles. The second kappa shape index (κ2) is 4.04. The molecule has 0 aliphatic heterocycles. The van der Waals surface area contributed by atoms with Gasteiger partial charge in [-0.1, -0.05) is 0 Å². The zero-order chi connectivity index (χ0) is 10.6. The summed E-state index contributed by atoms with van der Waals surface area (Å²) in [4.78, 5) is 36.3. The van der Waals surface area contributed by atoms with E-state index in [1.807, 2.05) is 0 Å². The van der Waals surface area contributed by atoms with Crippen LogP contribution in [0.3, 0.4) is 0 Å². The summed E-state index contributed by atoms with van der Waals surface area (Å²) >= 11 is 0. The summed E-state index contributed by atoms with van der Waals surface area (Å²) in [5.41, 5.74) is 0. The minimum absolute atomic E-state index is 0.0292. The fraction of sp³-hybridized carbons (Fsp3) is 0. The van der Waals surface area contributed by atoms with Gasteiger partial charge in [0.25, 0.3) is 0 Å². The van der Waals surface area contributed by atoms with Crippen LogP contribution < -0.4 is 0 Å². The van der Waals surface area contributed by atoms with Crippen molar-refractivity contribution in [2.24, 2.45) is 0 Å². The normalized spacial score (nSPS) is 12.3. The van der Waals surface area contributed by atoms with E-state index in [-0.39, 0.29) is 6.08 Å². The summed E-state index contributed by atoms with van der Waals surface area (Å²) in [7, 11) is -5.04. The van der Waals surface area contributed by atoms with E-state index in [1.165, 1.54) is 0 Å². The van der Waals surface area contributed by atoms with Crippen molar-refractivity contribution in [3.05, 3.63) is 11.8 Å². The molecule has 0 radical (unpaired) electrons. The first kappa shape index (κ1) is 11.6. The molecule has 0 bridgehead atoms. The molecule has 0 aromatic rings. The number of rotatable bonds is 4. The molecule has 0 rings (SSSR count). The minimum atomic E-state index is -5.04. The highest BCUT2D eigenvalue weighted by atomic mass is 31.2. The summed E-state index contributed by atoms with van der Waals surface area (Å²) in [6.45, 7) is 0. The molecular weight excluding hydrogens is 207 g/mol. The van der Waals surface area contributed by atoms with E-state index in [1.54, 1.807) is 0 Å². The lowest BCUT2D eigenvalue weighted by atomic mass is 10.4. The Balaban J connectivity index is 4.75. The van der Waals surface area contributed by atoms with E-state index in [2.05, 4.69) is 4.52 Å². The van der Waals surface area contributed by atoms with E-state index < -0.39 is 25.5 Å². The van der Waals surface area contributed by atoms with E-state index in [0.717, 1.165) is 0 Å². The first-order valence-electron chi connectivity index (χ1n) is 2.65. The van der Waals surface area contributed by atoms with Crippen LogP contribution in [0.25, 0.3) is 0 Å². The van der Waals surface area contributed by atoms with Crippen molar-refractivity contribution in [1.29, 1.82) is 0 Å². The zero-order valence-electron chi connectivity index (χ0n) is 5.95. The number of phosphoric acid groups is 1. The monoisotopic (exact) mass is 212 g/mol. The minimum Gasteiger partial charge on any atom is -0.478 e. The predicted octanol–water partition coefficient (Wildman–Crippen LogP) is -0.851. The highest BCUT2D eigenvalue weighted by molar-refractivity contribution is 7.46. The van der Waals surface area contributed by atoms with Crippen molar-refractivity contribution < 1.29 is 38.7 Å². The molecule has 0 atom stereocenters. The molecule has 0 spiro atoms. The molecule has 0 saturated heterocycles. The van der Waals surface area contributed by atoms with Gasteiger partial charge in [-0.15, -0.1) is 0 Å². The fourth-order valence-electron chi connectivity index (χ4n) is 0.367. The molecule has 13 heavy (non-hydrogen) atoms. The molecule has 0 heterocycles. The van der Waals surface area contributed by atoms with Gasteiger partial charge in [-0.2, -0.15) is 0 Å². The lowest BCUT2D eigenvalue weighted by Gasteiger charge is -2.05. The summed E-state index contributed by atoms with van der Waals surface area (Å²) in [6, 6.07) is 0. The molecule has 74 valence electrons. The summed E-state index contributed by atoms with van der Waals surface area (Å²) in [5.74, 6) is -4.91. The van der Waals surface area contributed by atoms with Crippen molar-refractivity contribution in [3.63, 3.8) is 0 Å². The molecule has 0 unspecified atom stereocenters. The van der Waals surface area contributed by atoms with E-state index in [9.17, 15) is 14.2 Å². The van der Waals surface area contributed by atoms with Gasteiger partial charge in [0.1, 0.15) is 0 Å². The van der Waals surface area contributed by atoms with Crippen LogP contribution in [0.15, 0.2) is 11.8 Å². The topological polar surface area (TPSA) is 141 Å². The van der Waals surface area contributed by atoms with Gasteiger partial charge in [-0.25, -0.2) is 14.2 Å². The van der Waals surface area contributed by atoms with E-state index in [4.69, 9.17) is 20.0 Å². The number of phosphoric ester groups is 1. The Morgan fingerprint density at radius 1 is 1.23 bits per heavy atom. The SMILES string of the molecule is O=C(O)C=C(OP(=O)(O)O)C(=O)O. The van der Waals surface area contributed by atoms with Crippen molar-refractivity contribution >= 4 is 19.8 Å². The van der Waals surface area contributed by atoms with Crippen molar-refractivity contribution in [1.82, 2.24) is 0 Å². The fourth-order valence-corrected chi connectivity index (χ4v) is 0.754.